The summed E-state index contributed by atoms with van der Waals surface area (Å²) in [7, 11) is 0. The molecule has 0 saturated heterocycles. The number of carboxylic acid groups (broad SMARTS) is 1. The number of carboxylic acids is 1. The van der Waals surface area contributed by atoms with Gasteiger partial charge in [-0.1, -0.05) is 12.5 Å². The van der Waals surface area contributed by atoms with Gasteiger partial charge in [-0.15, -0.1) is 11.3 Å². The van der Waals surface area contributed by atoms with Crippen LogP contribution in [0, 0.1) is 11.8 Å². The summed E-state index contributed by atoms with van der Waals surface area (Å²) < 4.78 is 5.88. The maximum Gasteiger partial charge on any atom is 0.358 e. The van der Waals surface area contributed by atoms with Crippen LogP contribution in [0.1, 0.15) is 47.8 Å². The first-order chi connectivity index (χ1) is 9.72. The molecule has 2 saturated carbocycles. The van der Waals surface area contributed by atoms with Crippen LogP contribution < -0.4 is 0 Å². The molecule has 3 atom stereocenters. The SMILES string of the molecule is O=C(O)c1nc(-c2cccs2)oc1C1CC2CCC1C2. The van der Waals surface area contributed by atoms with Crippen LogP contribution in [0.4, 0.5) is 0 Å². The largest absolute Gasteiger partial charge is 0.476 e. The molecule has 2 aliphatic carbocycles. The highest BCUT2D eigenvalue weighted by molar-refractivity contribution is 7.13. The maximum absolute atomic E-state index is 11.4. The molecular formula is C15H15NO3S. The predicted molar refractivity (Wildman–Crippen MR) is 75.0 cm³/mol. The molecule has 2 aromatic heterocycles. The Morgan fingerprint density at radius 3 is 2.90 bits per heavy atom. The standard InChI is InChI=1S/C15H15NO3S/c17-15(18)12-13(10-7-8-3-4-9(10)6-8)19-14(16-12)11-2-1-5-20-11/h1-2,5,8-10H,3-4,6-7H2,(H,17,18). The Kier molecular flexibility index (Phi) is 2.70. The van der Waals surface area contributed by atoms with Crippen LogP contribution in [-0.2, 0) is 0 Å². The van der Waals surface area contributed by atoms with E-state index in [0.29, 0.717) is 17.6 Å². The van der Waals surface area contributed by atoms with E-state index in [0.717, 1.165) is 17.2 Å². The van der Waals surface area contributed by atoms with Gasteiger partial charge in [-0.3, -0.25) is 0 Å². The van der Waals surface area contributed by atoms with E-state index in [4.69, 9.17) is 4.42 Å². The minimum atomic E-state index is -0.977. The van der Waals surface area contributed by atoms with E-state index in [2.05, 4.69) is 4.98 Å². The molecule has 5 heteroatoms. The lowest BCUT2D eigenvalue weighted by atomic mass is 9.86. The highest BCUT2D eigenvalue weighted by Gasteiger charge is 2.44. The van der Waals surface area contributed by atoms with Gasteiger partial charge in [0.15, 0.2) is 5.69 Å². The zero-order valence-electron chi connectivity index (χ0n) is 10.9. The molecular weight excluding hydrogens is 274 g/mol. The van der Waals surface area contributed by atoms with Gasteiger partial charge in [0.05, 0.1) is 4.88 Å². The molecule has 4 nitrogen and oxygen atoms in total. The predicted octanol–water partition coefficient (Wildman–Crippen LogP) is 4.00. The van der Waals surface area contributed by atoms with E-state index in [1.807, 2.05) is 17.5 Å². The van der Waals surface area contributed by atoms with Gasteiger partial charge in [0.1, 0.15) is 5.76 Å². The molecule has 0 amide bonds. The smallest absolute Gasteiger partial charge is 0.358 e. The van der Waals surface area contributed by atoms with Crippen molar-refractivity contribution in [1.29, 1.82) is 0 Å². The van der Waals surface area contributed by atoms with Crippen molar-refractivity contribution in [3.63, 3.8) is 0 Å². The molecule has 2 fully saturated rings. The van der Waals surface area contributed by atoms with E-state index >= 15 is 0 Å². The van der Waals surface area contributed by atoms with E-state index in [9.17, 15) is 9.90 Å². The highest BCUT2D eigenvalue weighted by Crippen LogP contribution is 2.53. The van der Waals surface area contributed by atoms with E-state index < -0.39 is 5.97 Å². The van der Waals surface area contributed by atoms with Gasteiger partial charge in [-0.2, -0.15) is 0 Å². The van der Waals surface area contributed by atoms with Crippen molar-refractivity contribution in [1.82, 2.24) is 4.98 Å². The van der Waals surface area contributed by atoms with E-state index in [-0.39, 0.29) is 11.6 Å². The van der Waals surface area contributed by atoms with Gasteiger partial charge in [-0.05, 0) is 42.5 Å². The van der Waals surface area contributed by atoms with Crippen molar-refractivity contribution in [3.05, 3.63) is 29.0 Å². The third kappa shape index (κ3) is 1.80. The van der Waals surface area contributed by atoms with Crippen LogP contribution in [0.25, 0.3) is 10.8 Å². The molecule has 0 aromatic carbocycles. The second-order valence-corrected chi connectivity index (χ2v) is 6.74. The van der Waals surface area contributed by atoms with Gasteiger partial charge >= 0.3 is 5.97 Å². The molecule has 2 aromatic rings. The van der Waals surface area contributed by atoms with E-state index in [1.165, 1.54) is 30.6 Å². The second kappa shape index (κ2) is 4.45. The summed E-state index contributed by atoms with van der Waals surface area (Å²) >= 11 is 1.52. The quantitative estimate of drug-likeness (QED) is 0.927. The topological polar surface area (TPSA) is 63.3 Å². The summed E-state index contributed by atoms with van der Waals surface area (Å²) in [5, 5.41) is 11.3. The molecule has 2 heterocycles. The Morgan fingerprint density at radius 1 is 1.40 bits per heavy atom. The average molecular weight is 289 g/mol. The number of thiophene rings is 1. The minimum absolute atomic E-state index is 0.117. The summed E-state index contributed by atoms with van der Waals surface area (Å²) in [4.78, 5) is 16.6. The third-order valence-corrected chi connectivity index (χ3v) is 5.52. The molecule has 1 N–H and O–H groups in total. The van der Waals surface area contributed by atoms with Gasteiger partial charge < -0.3 is 9.52 Å². The summed E-state index contributed by atoms with van der Waals surface area (Å²) in [6, 6.07) is 3.83. The molecule has 0 radical (unpaired) electrons. The molecule has 3 unspecified atom stereocenters. The number of hydrogen-bond donors (Lipinski definition) is 1. The van der Waals surface area contributed by atoms with Crippen LogP contribution in [0.15, 0.2) is 21.9 Å². The van der Waals surface area contributed by atoms with Crippen LogP contribution in [0.3, 0.4) is 0 Å². The minimum Gasteiger partial charge on any atom is -0.476 e. The summed E-state index contributed by atoms with van der Waals surface area (Å²) in [6.07, 6.45) is 4.77. The van der Waals surface area contributed by atoms with Gasteiger partial charge in [-0.25, -0.2) is 9.78 Å². The van der Waals surface area contributed by atoms with Crippen molar-refractivity contribution >= 4 is 17.3 Å². The molecule has 20 heavy (non-hydrogen) atoms. The maximum atomic E-state index is 11.4. The lowest BCUT2D eigenvalue weighted by Gasteiger charge is -2.19. The lowest BCUT2D eigenvalue weighted by molar-refractivity contribution is 0.0687. The fourth-order valence-electron chi connectivity index (χ4n) is 3.81. The average Bonchev–Trinajstić information content (AvgIpc) is 3.20. The van der Waals surface area contributed by atoms with Crippen molar-refractivity contribution in [2.75, 3.05) is 0 Å². The number of aromatic nitrogens is 1. The fraction of sp³-hybridized carbons (Fsp3) is 0.467. The molecule has 2 aliphatic rings. The summed E-state index contributed by atoms with van der Waals surface area (Å²) in [5.41, 5.74) is 0.117. The monoisotopic (exact) mass is 289 g/mol. The first-order valence-electron chi connectivity index (χ1n) is 7.00. The second-order valence-electron chi connectivity index (χ2n) is 5.80. The Hall–Kier alpha value is -1.62. The van der Waals surface area contributed by atoms with Gasteiger partial charge in [0.2, 0.25) is 5.89 Å². The Bertz CT molecular complexity index is 646. The zero-order chi connectivity index (χ0) is 13.7. The number of rotatable bonds is 3. The number of aromatic carboxylic acids is 1. The number of carbonyl (C=O) groups is 1. The zero-order valence-corrected chi connectivity index (χ0v) is 11.7. The van der Waals surface area contributed by atoms with Crippen LogP contribution in [0.2, 0.25) is 0 Å². The van der Waals surface area contributed by atoms with Crippen LogP contribution in [-0.4, -0.2) is 16.1 Å². The van der Waals surface area contributed by atoms with Crippen LogP contribution in [0.5, 0.6) is 0 Å². The number of hydrogen-bond acceptors (Lipinski definition) is 4. The number of nitrogens with zero attached hydrogens (tertiary/aromatic N) is 1. The lowest BCUT2D eigenvalue weighted by Crippen LogP contribution is -2.12. The molecule has 4 rings (SSSR count). The number of oxazole rings is 1. The molecule has 0 aliphatic heterocycles. The third-order valence-electron chi connectivity index (χ3n) is 4.66. The van der Waals surface area contributed by atoms with Crippen molar-refractivity contribution < 1.29 is 14.3 Å². The first-order valence-corrected chi connectivity index (χ1v) is 7.88. The summed E-state index contributed by atoms with van der Waals surface area (Å²) in [5.74, 6) is 1.67. The van der Waals surface area contributed by atoms with Crippen LogP contribution >= 0.6 is 11.3 Å². The molecule has 2 bridgehead atoms. The fourth-order valence-corrected chi connectivity index (χ4v) is 4.46. The summed E-state index contributed by atoms with van der Waals surface area (Å²) in [6.45, 7) is 0. The Morgan fingerprint density at radius 2 is 2.30 bits per heavy atom. The first kappa shape index (κ1) is 12.1. The van der Waals surface area contributed by atoms with Gasteiger partial charge in [0, 0.05) is 5.92 Å². The molecule has 0 spiro atoms. The number of fused-ring (bicyclic) bond motifs is 2. The molecule has 104 valence electrons. The van der Waals surface area contributed by atoms with Crippen molar-refractivity contribution in [2.45, 2.75) is 31.6 Å². The van der Waals surface area contributed by atoms with Crippen molar-refractivity contribution in [3.8, 4) is 10.8 Å². The Labute approximate surface area is 120 Å². The van der Waals surface area contributed by atoms with E-state index in [1.54, 1.807) is 0 Å². The Balaban J connectivity index is 1.76. The normalized spacial score (nSPS) is 28.1. The van der Waals surface area contributed by atoms with Gasteiger partial charge in [0.25, 0.3) is 0 Å². The van der Waals surface area contributed by atoms with Crippen molar-refractivity contribution in [2.24, 2.45) is 11.8 Å². The highest BCUT2D eigenvalue weighted by atomic mass is 32.1.